The van der Waals surface area contributed by atoms with Crippen LogP contribution in [0.25, 0.3) is 0 Å². The Labute approximate surface area is 769 Å². The molecule has 0 saturated carbocycles. The van der Waals surface area contributed by atoms with Crippen LogP contribution in [0.2, 0.25) is 0 Å². The highest BCUT2D eigenvalue weighted by molar-refractivity contribution is 5.93. The first-order chi connectivity index (χ1) is 64.3. The van der Waals surface area contributed by atoms with Gasteiger partial charge in [-0.2, -0.15) is 0 Å². The lowest BCUT2D eigenvalue weighted by Crippen LogP contribution is -2.39. The van der Waals surface area contributed by atoms with Crippen molar-refractivity contribution < 1.29 is 195 Å². The fourth-order valence-corrected chi connectivity index (χ4v) is 9.54. The van der Waals surface area contributed by atoms with Crippen molar-refractivity contribution in [3.8, 4) is 0 Å². The molecule has 0 aromatic carbocycles. The van der Waals surface area contributed by atoms with Crippen molar-refractivity contribution in [2.24, 2.45) is 5.73 Å². The van der Waals surface area contributed by atoms with Crippen LogP contribution in [0.15, 0.2) is 0 Å². The number of rotatable bonds is 118. The molecule has 46 nitrogen and oxygen atoms in total. The Bertz CT molecular complexity index is 2280. The van der Waals surface area contributed by atoms with E-state index in [4.69, 9.17) is 177 Å². The SMILES string of the molecule is CNC(CCCCNC(=O)COCCOCCOCCOCCOCCOCCOCCOCCOCCOCCOCCOCCOCCOCCOCCNC(=O)COCCOCCOCCOCCOCCOCCOCCOCCOCCOCCOCCOCCOCCOCCOCCOCCOCCOCCOCCOCCNC(=O)CC(=O)O)C(N)=O. The van der Waals surface area contributed by atoms with Gasteiger partial charge in [0, 0.05) is 19.6 Å². The van der Waals surface area contributed by atoms with Gasteiger partial charge in [-0.15, -0.1) is 0 Å². The van der Waals surface area contributed by atoms with Crippen molar-refractivity contribution in [2.45, 2.75) is 31.7 Å². The number of hydrogen-bond donors (Lipinski definition) is 6. The highest BCUT2D eigenvalue weighted by atomic mass is 16.6. The Morgan fingerprint density at radius 1 is 0.200 bits per heavy atom. The molecule has 0 aliphatic carbocycles. The minimum atomic E-state index is -1.17. The summed E-state index contributed by atoms with van der Waals surface area (Å²) in [5, 5.41) is 19.4. The number of carbonyl (C=O) groups excluding carboxylic acids is 4. The largest absolute Gasteiger partial charge is 0.481 e. The molecule has 0 spiro atoms. The predicted molar refractivity (Wildman–Crippen MR) is 466 cm³/mol. The van der Waals surface area contributed by atoms with Gasteiger partial charge in [-0.25, -0.2) is 0 Å². The molecule has 0 aromatic rings. The van der Waals surface area contributed by atoms with Gasteiger partial charge in [-0.1, -0.05) is 0 Å². The minimum absolute atomic E-state index is 0.0386. The van der Waals surface area contributed by atoms with E-state index in [0.717, 1.165) is 12.8 Å². The summed E-state index contributed by atoms with van der Waals surface area (Å²) in [4.78, 5) is 56.7. The number of amides is 4. The standard InChI is InChI=1S/C84H165N5O41/c1-86-79(84(85)95)4-2-3-5-87-81(91)77-129-74-72-127-70-68-125-66-64-123-62-60-121-58-56-119-54-52-117-50-48-115-37-35-109-33-31-107-29-27-105-25-23-103-21-19-101-17-15-99-13-11-97-9-7-89-82(92)78-130-75-73-128-71-69-126-67-65-124-63-61-122-59-57-120-55-53-118-51-49-116-47-46-114-45-44-113-43-42-112-41-40-111-39-38-110-36-34-108-32-30-106-28-26-104-24-22-102-20-18-100-16-14-98-12-10-96-8-6-88-80(90)76-83(93)94/h79,86H,2-78H2,1H3,(H2,85,95)(H,87,91)(H,88,90)(H,89,92)(H,93,94). The maximum Gasteiger partial charge on any atom is 0.312 e. The summed E-state index contributed by atoms with van der Waals surface area (Å²) < 4.78 is 192. The number of primary amides is 1. The molecule has 0 saturated heterocycles. The number of unbranched alkanes of at least 4 members (excludes halogenated alkanes) is 1. The van der Waals surface area contributed by atoms with Crippen molar-refractivity contribution in [3.63, 3.8) is 0 Å². The van der Waals surface area contributed by atoms with Crippen LogP contribution in [-0.2, 0) is 190 Å². The molecule has 46 heteroatoms. The maximum atomic E-state index is 12.0. The third kappa shape index (κ3) is 113. The molecule has 0 heterocycles. The highest BCUT2D eigenvalue weighted by Crippen LogP contribution is 2.01. The molecule has 4 amide bonds. The topological polar surface area (TPSA) is 503 Å². The zero-order valence-corrected chi connectivity index (χ0v) is 77.9. The molecule has 7 N–H and O–H groups in total. The molecule has 0 fully saturated rings. The number of carbonyl (C=O) groups is 5. The maximum absolute atomic E-state index is 12.0. The van der Waals surface area contributed by atoms with Gasteiger partial charge >= 0.3 is 5.97 Å². The van der Waals surface area contributed by atoms with E-state index >= 15 is 0 Å². The Hall–Kier alpha value is -4.09. The average molecular weight is 1900 g/mol. The summed E-state index contributed by atoms with van der Waals surface area (Å²) in [7, 11) is 1.69. The number of nitrogens with one attached hydrogen (secondary N) is 4. The molecule has 130 heavy (non-hydrogen) atoms. The van der Waals surface area contributed by atoms with E-state index in [0.29, 0.717) is 456 Å². The van der Waals surface area contributed by atoms with E-state index < -0.39 is 18.3 Å². The third-order valence-electron chi connectivity index (χ3n) is 16.1. The molecule has 0 aromatic heterocycles. The predicted octanol–water partition coefficient (Wildman–Crippen LogP) is -2.37. The molecule has 0 radical (unpaired) electrons. The van der Waals surface area contributed by atoms with Crippen LogP contribution in [0.3, 0.4) is 0 Å². The summed E-state index contributed by atoms with van der Waals surface area (Å²) in [5.41, 5.74) is 5.30. The van der Waals surface area contributed by atoms with Crippen molar-refractivity contribution in [2.75, 3.05) is 489 Å². The molecule has 0 aliphatic rings. The quantitative estimate of drug-likeness (QED) is 0.0274. The van der Waals surface area contributed by atoms with Gasteiger partial charge in [0.15, 0.2) is 0 Å². The van der Waals surface area contributed by atoms with Crippen LogP contribution in [0.1, 0.15) is 25.7 Å². The molecular weight excluding hydrogens is 1730 g/mol. The van der Waals surface area contributed by atoms with Crippen molar-refractivity contribution >= 4 is 29.6 Å². The van der Waals surface area contributed by atoms with Gasteiger partial charge in [0.2, 0.25) is 23.6 Å². The van der Waals surface area contributed by atoms with Crippen LogP contribution < -0.4 is 27.0 Å². The van der Waals surface area contributed by atoms with Crippen LogP contribution in [0, 0.1) is 0 Å². The number of nitrogens with two attached hydrogens (primary N) is 1. The molecule has 0 rings (SSSR count). The molecular formula is C84H165N5O41. The number of hydrogen-bond acceptors (Lipinski definition) is 41. The number of ether oxygens (including phenoxy) is 35. The Morgan fingerprint density at radius 2 is 0.338 bits per heavy atom. The van der Waals surface area contributed by atoms with Gasteiger partial charge in [0.25, 0.3) is 0 Å². The second-order valence-corrected chi connectivity index (χ2v) is 26.7. The summed E-state index contributed by atoms with van der Waals surface area (Å²) in [6.45, 7) is 30.6. The summed E-state index contributed by atoms with van der Waals surface area (Å²) in [6.07, 6.45) is 1.58. The lowest BCUT2D eigenvalue weighted by Gasteiger charge is -2.12. The first-order valence-corrected chi connectivity index (χ1v) is 45.5. The van der Waals surface area contributed by atoms with Crippen LogP contribution >= 0.6 is 0 Å². The van der Waals surface area contributed by atoms with E-state index in [2.05, 4.69) is 21.3 Å². The highest BCUT2D eigenvalue weighted by Gasteiger charge is 2.13. The summed E-state index contributed by atoms with van der Waals surface area (Å²) in [6, 6.07) is -0.352. The first kappa shape index (κ1) is 126. The fourth-order valence-electron chi connectivity index (χ4n) is 9.54. The zero-order valence-electron chi connectivity index (χ0n) is 77.9. The van der Waals surface area contributed by atoms with E-state index in [1.807, 2.05) is 0 Å². The first-order valence-electron chi connectivity index (χ1n) is 45.5. The smallest absolute Gasteiger partial charge is 0.312 e. The van der Waals surface area contributed by atoms with E-state index in [1.165, 1.54) is 0 Å². The number of likely N-dealkylation sites (N-methyl/N-ethyl adjacent to an activating group) is 1. The van der Waals surface area contributed by atoms with E-state index in [-0.39, 0.29) is 56.7 Å². The third-order valence-corrected chi connectivity index (χ3v) is 16.1. The number of carboxylic acids is 1. The zero-order chi connectivity index (χ0) is 93.5. The van der Waals surface area contributed by atoms with Crippen LogP contribution in [0.5, 0.6) is 0 Å². The van der Waals surface area contributed by atoms with Crippen molar-refractivity contribution in [1.82, 2.24) is 21.3 Å². The van der Waals surface area contributed by atoms with Gasteiger partial charge in [-0.05, 0) is 26.3 Å². The van der Waals surface area contributed by atoms with E-state index in [9.17, 15) is 24.0 Å². The Balaban J connectivity index is 3.16. The van der Waals surface area contributed by atoms with Crippen LogP contribution in [0.4, 0.5) is 0 Å². The van der Waals surface area contributed by atoms with Crippen molar-refractivity contribution in [3.05, 3.63) is 0 Å². The van der Waals surface area contributed by atoms with Crippen molar-refractivity contribution in [1.29, 1.82) is 0 Å². The van der Waals surface area contributed by atoms with E-state index in [1.54, 1.807) is 7.05 Å². The molecule has 1 atom stereocenters. The molecule has 772 valence electrons. The summed E-state index contributed by atoms with van der Waals surface area (Å²) >= 11 is 0. The molecule has 1 unspecified atom stereocenters. The second kappa shape index (κ2) is 114. The Kier molecular flexibility index (Phi) is 110. The van der Waals surface area contributed by atoms with Crippen LogP contribution in [-0.4, -0.2) is 530 Å². The summed E-state index contributed by atoms with van der Waals surface area (Å²) in [5.74, 6) is -2.54. The fraction of sp³-hybridized carbons (Fsp3) is 0.940. The van der Waals surface area contributed by atoms with Gasteiger partial charge in [-0.3, -0.25) is 24.0 Å². The van der Waals surface area contributed by atoms with Gasteiger partial charge in [0.05, 0.1) is 455 Å². The second-order valence-electron chi connectivity index (χ2n) is 26.7. The van der Waals surface area contributed by atoms with Gasteiger partial charge in [0.1, 0.15) is 19.6 Å². The lowest BCUT2D eigenvalue weighted by atomic mass is 10.1. The Morgan fingerprint density at radius 3 is 0.485 bits per heavy atom. The monoisotopic (exact) mass is 1900 g/mol. The molecule has 0 aliphatic heterocycles. The lowest BCUT2D eigenvalue weighted by molar-refractivity contribution is -0.141. The normalized spacial score (nSPS) is 11.9. The number of aliphatic carboxylic acids is 1. The average Bonchev–Trinajstić information content (AvgIpc) is 0.988. The minimum Gasteiger partial charge on any atom is -0.481 e. The number of carboxylic acid groups (broad SMARTS) is 1. The van der Waals surface area contributed by atoms with Gasteiger partial charge < -0.3 is 198 Å². The molecule has 0 bridgehead atoms.